The normalized spacial score (nSPS) is 11.1. The summed E-state index contributed by atoms with van der Waals surface area (Å²) in [5, 5.41) is 0. The number of halogens is 1. The maximum Gasteiger partial charge on any atom is 0.229 e. The fourth-order valence-electron chi connectivity index (χ4n) is 3.75. The minimum atomic E-state index is -0.376. The highest BCUT2D eigenvalue weighted by Crippen LogP contribution is 2.39. The van der Waals surface area contributed by atoms with E-state index in [1.54, 1.807) is 23.1 Å². The van der Waals surface area contributed by atoms with Crippen molar-refractivity contribution in [1.29, 1.82) is 0 Å². The Morgan fingerprint density at radius 2 is 1.69 bits per heavy atom. The van der Waals surface area contributed by atoms with Gasteiger partial charge in [0.15, 0.2) is 5.82 Å². The highest BCUT2D eigenvalue weighted by atomic mass is 19.1. The van der Waals surface area contributed by atoms with E-state index in [0.29, 0.717) is 22.7 Å². The molecule has 0 atom stereocenters. The molecule has 0 saturated heterocycles. The molecule has 2 heterocycles. The van der Waals surface area contributed by atoms with Crippen molar-refractivity contribution < 1.29 is 9.18 Å². The molecule has 4 rings (SSSR count). The molecule has 0 unspecified atom stereocenters. The number of carbonyl (C=O) groups excluding carboxylic acids is 1. The zero-order valence-electron chi connectivity index (χ0n) is 16.9. The Hall–Kier alpha value is -3.47. The lowest BCUT2D eigenvalue weighted by Gasteiger charge is -2.25. The summed E-state index contributed by atoms with van der Waals surface area (Å²) in [6.07, 6.45) is 1.88. The number of amides is 1. The van der Waals surface area contributed by atoms with Crippen molar-refractivity contribution in [3.8, 4) is 11.3 Å². The van der Waals surface area contributed by atoms with Crippen molar-refractivity contribution >= 4 is 23.1 Å². The lowest BCUT2D eigenvalue weighted by Crippen LogP contribution is -2.26. The van der Waals surface area contributed by atoms with E-state index in [0.717, 1.165) is 22.4 Å². The van der Waals surface area contributed by atoms with Crippen LogP contribution in [0.4, 0.5) is 15.9 Å². The van der Waals surface area contributed by atoms with Gasteiger partial charge in [-0.25, -0.2) is 9.37 Å². The number of para-hydroxylation sites is 1. The molecule has 1 amide bonds. The number of imidazole rings is 1. The molecule has 4 aromatic rings. The largest absolute Gasteiger partial charge is 0.285 e. The quantitative estimate of drug-likeness (QED) is 0.449. The Labute approximate surface area is 169 Å². The molecule has 2 aromatic carbocycles. The monoisotopic (exact) mass is 387 g/mol. The lowest BCUT2D eigenvalue weighted by atomic mass is 10.1. The van der Waals surface area contributed by atoms with Crippen molar-refractivity contribution in [3.05, 3.63) is 83.3 Å². The first kappa shape index (κ1) is 18.9. The van der Waals surface area contributed by atoms with Gasteiger partial charge in [0.05, 0.1) is 5.69 Å². The molecule has 0 N–H and O–H groups in total. The Morgan fingerprint density at radius 3 is 2.34 bits per heavy atom. The first-order valence-electron chi connectivity index (χ1n) is 9.49. The van der Waals surface area contributed by atoms with Crippen LogP contribution < -0.4 is 4.90 Å². The zero-order valence-corrected chi connectivity index (χ0v) is 16.9. The number of aryl methyl sites for hydroxylation is 3. The summed E-state index contributed by atoms with van der Waals surface area (Å²) in [5.74, 6) is -0.00347. The van der Waals surface area contributed by atoms with E-state index >= 15 is 0 Å². The third kappa shape index (κ3) is 3.18. The third-order valence-corrected chi connectivity index (χ3v) is 5.08. The number of anilines is 2. The third-order valence-electron chi connectivity index (χ3n) is 5.08. The number of hydrogen-bond acceptors (Lipinski definition) is 2. The Balaban J connectivity index is 2.12. The van der Waals surface area contributed by atoms with Crippen LogP contribution in [0.15, 0.2) is 60.8 Å². The number of benzene rings is 2. The molecule has 4 nitrogen and oxygen atoms in total. The molecule has 0 aliphatic rings. The van der Waals surface area contributed by atoms with Gasteiger partial charge in [-0.1, -0.05) is 30.3 Å². The molecule has 146 valence electrons. The molecule has 0 radical (unpaired) electrons. The minimum Gasteiger partial charge on any atom is -0.285 e. The van der Waals surface area contributed by atoms with Crippen molar-refractivity contribution in [2.24, 2.45) is 0 Å². The van der Waals surface area contributed by atoms with Gasteiger partial charge in [-0.3, -0.25) is 14.1 Å². The van der Waals surface area contributed by atoms with Gasteiger partial charge in [0, 0.05) is 18.7 Å². The topological polar surface area (TPSA) is 37.6 Å². The van der Waals surface area contributed by atoms with Crippen molar-refractivity contribution in [1.82, 2.24) is 9.38 Å². The fraction of sp³-hybridized carbons (Fsp3) is 0.167. The second-order valence-electron chi connectivity index (χ2n) is 7.29. The highest BCUT2D eigenvalue weighted by Gasteiger charge is 2.27. The summed E-state index contributed by atoms with van der Waals surface area (Å²) >= 11 is 0. The second-order valence-corrected chi connectivity index (χ2v) is 7.29. The zero-order chi connectivity index (χ0) is 20.7. The van der Waals surface area contributed by atoms with E-state index in [1.165, 1.54) is 13.0 Å². The smallest absolute Gasteiger partial charge is 0.229 e. The maximum absolute atomic E-state index is 14.7. The predicted octanol–water partition coefficient (Wildman–Crippen LogP) is 5.75. The van der Waals surface area contributed by atoms with Crippen LogP contribution in [0.2, 0.25) is 0 Å². The van der Waals surface area contributed by atoms with Crippen molar-refractivity contribution in [2.75, 3.05) is 4.90 Å². The average molecular weight is 387 g/mol. The number of pyridine rings is 1. The summed E-state index contributed by atoms with van der Waals surface area (Å²) in [6.45, 7) is 7.43. The summed E-state index contributed by atoms with van der Waals surface area (Å²) in [5.41, 5.74) is 5.21. The summed E-state index contributed by atoms with van der Waals surface area (Å²) in [6, 6.07) is 16.3. The Morgan fingerprint density at radius 1 is 1.00 bits per heavy atom. The number of nitrogens with zero attached hydrogens (tertiary/aromatic N) is 3. The number of rotatable bonds is 3. The van der Waals surface area contributed by atoms with Gasteiger partial charge in [0.25, 0.3) is 0 Å². The standard InChI is InChI=1S/C24H22FN3O/c1-15-12-13-27-21(14-15)26-22(19-10-5-6-11-20(19)25)24(27)28(18(4)29)23-16(2)8-7-9-17(23)3/h5-14H,1-4H3. The van der Waals surface area contributed by atoms with Crippen molar-refractivity contribution in [2.45, 2.75) is 27.7 Å². The maximum atomic E-state index is 14.7. The van der Waals surface area contributed by atoms with Gasteiger partial charge in [0.1, 0.15) is 17.2 Å². The second kappa shape index (κ2) is 7.17. The van der Waals surface area contributed by atoms with E-state index < -0.39 is 0 Å². The van der Waals surface area contributed by atoms with Crippen LogP contribution in [0, 0.1) is 26.6 Å². The first-order valence-corrected chi connectivity index (χ1v) is 9.49. The molecule has 0 aliphatic carbocycles. The average Bonchev–Trinajstić information content (AvgIpc) is 3.02. The number of fused-ring (bicyclic) bond motifs is 1. The molecule has 2 aromatic heterocycles. The van der Waals surface area contributed by atoms with E-state index in [1.807, 2.05) is 61.7 Å². The van der Waals surface area contributed by atoms with E-state index in [2.05, 4.69) is 0 Å². The molecular weight excluding hydrogens is 365 g/mol. The number of carbonyl (C=O) groups is 1. The Bertz CT molecular complexity index is 1220. The van der Waals surface area contributed by atoms with E-state index in [4.69, 9.17) is 4.98 Å². The Kier molecular flexibility index (Phi) is 4.66. The van der Waals surface area contributed by atoms with E-state index in [9.17, 15) is 9.18 Å². The van der Waals surface area contributed by atoms with Crippen LogP contribution >= 0.6 is 0 Å². The summed E-state index contributed by atoms with van der Waals surface area (Å²) in [7, 11) is 0. The van der Waals surface area contributed by atoms with Crippen LogP contribution in [0.1, 0.15) is 23.6 Å². The van der Waals surface area contributed by atoms with Crippen molar-refractivity contribution in [3.63, 3.8) is 0 Å². The van der Waals surface area contributed by atoms with Crippen LogP contribution in [0.25, 0.3) is 16.9 Å². The van der Waals surface area contributed by atoms with Gasteiger partial charge in [0.2, 0.25) is 5.91 Å². The molecule has 5 heteroatoms. The van der Waals surface area contributed by atoms with Gasteiger partial charge in [-0.15, -0.1) is 0 Å². The molecule has 0 spiro atoms. The summed E-state index contributed by atoms with van der Waals surface area (Å²) in [4.78, 5) is 19.3. The van der Waals surface area contributed by atoms with Gasteiger partial charge in [-0.05, 0) is 61.7 Å². The SMILES string of the molecule is CC(=O)N(c1c(C)cccc1C)c1c(-c2ccccc2F)nc2cc(C)ccn12. The minimum absolute atomic E-state index is 0.164. The molecule has 0 bridgehead atoms. The first-order chi connectivity index (χ1) is 13.9. The van der Waals surface area contributed by atoms with Crippen LogP contribution in [0.3, 0.4) is 0 Å². The summed E-state index contributed by atoms with van der Waals surface area (Å²) < 4.78 is 16.6. The van der Waals surface area contributed by atoms with Crippen LogP contribution in [-0.2, 0) is 4.79 Å². The predicted molar refractivity (Wildman–Crippen MR) is 114 cm³/mol. The molecular formula is C24H22FN3O. The number of aromatic nitrogens is 2. The fourth-order valence-corrected chi connectivity index (χ4v) is 3.75. The van der Waals surface area contributed by atoms with Gasteiger partial charge >= 0.3 is 0 Å². The van der Waals surface area contributed by atoms with E-state index in [-0.39, 0.29) is 11.7 Å². The molecule has 0 saturated carbocycles. The van der Waals surface area contributed by atoms with Crippen LogP contribution in [-0.4, -0.2) is 15.3 Å². The lowest BCUT2D eigenvalue weighted by molar-refractivity contribution is -0.115. The van der Waals surface area contributed by atoms with Gasteiger partial charge in [-0.2, -0.15) is 0 Å². The van der Waals surface area contributed by atoms with Crippen LogP contribution in [0.5, 0.6) is 0 Å². The van der Waals surface area contributed by atoms with Gasteiger partial charge < -0.3 is 0 Å². The molecule has 29 heavy (non-hydrogen) atoms. The highest BCUT2D eigenvalue weighted by molar-refractivity contribution is 6.03. The molecule has 0 aliphatic heterocycles. The molecule has 0 fully saturated rings. The number of hydrogen-bond donors (Lipinski definition) is 0.